The van der Waals surface area contributed by atoms with Crippen molar-refractivity contribution >= 4 is 0 Å². The molecule has 1 heterocycles. The van der Waals surface area contributed by atoms with Crippen LogP contribution in [0.4, 0.5) is 0 Å². The zero-order valence-electron chi connectivity index (χ0n) is 6.54. The van der Waals surface area contributed by atoms with Crippen LogP contribution in [0.2, 0.25) is 0 Å². The summed E-state index contributed by atoms with van der Waals surface area (Å²) in [4.78, 5) is 0. The van der Waals surface area contributed by atoms with Crippen LogP contribution in [0.25, 0.3) is 0 Å². The molecule has 0 aliphatic heterocycles. The SMILES string of the molecule is CC[C@@H](N)c1cccn1C. The molecule has 0 aliphatic carbocycles. The van der Waals surface area contributed by atoms with Crippen LogP contribution >= 0.6 is 0 Å². The molecule has 0 unspecified atom stereocenters. The summed E-state index contributed by atoms with van der Waals surface area (Å²) in [5, 5.41) is 0. The number of hydrogen-bond acceptors (Lipinski definition) is 1. The summed E-state index contributed by atoms with van der Waals surface area (Å²) in [6, 6.07) is 4.28. The molecule has 1 atom stereocenters. The van der Waals surface area contributed by atoms with Crippen molar-refractivity contribution in [2.45, 2.75) is 19.4 Å². The monoisotopic (exact) mass is 138 g/mol. The molecule has 2 heteroatoms. The molecule has 1 aromatic heterocycles. The van der Waals surface area contributed by atoms with E-state index in [9.17, 15) is 0 Å². The summed E-state index contributed by atoms with van der Waals surface area (Å²) < 4.78 is 2.06. The highest BCUT2D eigenvalue weighted by molar-refractivity contribution is 5.10. The summed E-state index contributed by atoms with van der Waals surface area (Å²) in [7, 11) is 2.02. The number of aromatic nitrogens is 1. The maximum absolute atomic E-state index is 5.82. The number of aryl methyl sites for hydroxylation is 1. The maximum atomic E-state index is 5.82. The fourth-order valence-electron chi connectivity index (χ4n) is 1.07. The Morgan fingerprint density at radius 1 is 1.70 bits per heavy atom. The molecular formula is C8H14N2. The van der Waals surface area contributed by atoms with Crippen molar-refractivity contribution in [2.24, 2.45) is 12.8 Å². The third kappa shape index (κ3) is 1.21. The van der Waals surface area contributed by atoms with E-state index in [-0.39, 0.29) is 6.04 Å². The normalized spacial score (nSPS) is 13.5. The first-order chi connectivity index (χ1) is 4.75. The highest BCUT2D eigenvalue weighted by Crippen LogP contribution is 2.12. The summed E-state index contributed by atoms with van der Waals surface area (Å²) in [6.07, 6.45) is 3.02. The zero-order chi connectivity index (χ0) is 7.56. The van der Waals surface area contributed by atoms with Gasteiger partial charge in [0.25, 0.3) is 0 Å². The van der Waals surface area contributed by atoms with Gasteiger partial charge in [-0.3, -0.25) is 0 Å². The average molecular weight is 138 g/mol. The van der Waals surface area contributed by atoms with Crippen molar-refractivity contribution in [3.8, 4) is 0 Å². The highest BCUT2D eigenvalue weighted by atomic mass is 14.9. The Kier molecular flexibility index (Phi) is 2.12. The minimum Gasteiger partial charge on any atom is -0.353 e. The summed E-state index contributed by atoms with van der Waals surface area (Å²) in [6.45, 7) is 2.09. The second kappa shape index (κ2) is 2.88. The zero-order valence-corrected chi connectivity index (χ0v) is 6.54. The summed E-state index contributed by atoms with van der Waals surface area (Å²) in [5.74, 6) is 0. The Balaban J connectivity index is 2.82. The first kappa shape index (κ1) is 7.35. The molecule has 56 valence electrons. The standard InChI is InChI=1S/C8H14N2/c1-3-7(9)8-5-4-6-10(8)2/h4-7H,3,9H2,1-2H3/t7-/m1/s1. The Morgan fingerprint density at radius 3 is 2.80 bits per heavy atom. The Labute approximate surface area is 61.7 Å². The van der Waals surface area contributed by atoms with E-state index in [0.717, 1.165) is 6.42 Å². The lowest BCUT2D eigenvalue weighted by Gasteiger charge is -2.09. The highest BCUT2D eigenvalue weighted by Gasteiger charge is 2.04. The molecule has 0 amide bonds. The van der Waals surface area contributed by atoms with Crippen molar-refractivity contribution in [1.29, 1.82) is 0 Å². The Hall–Kier alpha value is -0.760. The van der Waals surface area contributed by atoms with E-state index in [4.69, 9.17) is 5.73 Å². The molecule has 0 saturated carbocycles. The van der Waals surface area contributed by atoms with Gasteiger partial charge in [-0.15, -0.1) is 0 Å². The molecule has 0 aromatic carbocycles. The van der Waals surface area contributed by atoms with Crippen LogP contribution in [0.3, 0.4) is 0 Å². The Morgan fingerprint density at radius 2 is 2.40 bits per heavy atom. The first-order valence-corrected chi connectivity index (χ1v) is 3.62. The third-order valence-electron chi connectivity index (χ3n) is 1.80. The van der Waals surface area contributed by atoms with Gasteiger partial charge < -0.3 is 10.3 Å². The van der Waals surface area contributed by atoms with E-state index in [1.54, 1.807) is 0 Å². The van der Waals surface area contributed by atoms with Crippen molar-refractivity contribution in [2.75, 3.05) is 0 Å². The maximum Gasteiger partial charge on any atom is 0.0447 e. The predicted molar refractivity (Wildman–Crippen MR) is 42.6 cm³/mol. The van der Waals surface area contributed by atoms with Crippen LogP contribution in [0.1, 0.15) is 25.1 Å². The van der Waals surface area contributed by atoms with Gasteiger partial charge in [0.15, 0.2) is 0 Å². The van der Waals surface area contributed by atoms with Gasteiger partial charge in [0.05, 0.1) is 0 Å². The lowest BCUT2D eigenvalue weighted by molar-refractivity contribution is 0.640. The van der Waals surface area contributed by atoms with Gasteiger partial charge in [0.2, 0.25) is 0 Å². The van der Waals surface area contributed by atoms with Gasteiger partial charge in [-0.25, -0.2) is 0 Å². The largest absolute Gasteiger partial charge is 0.353 e. The molecule has 1 aromatic rings. The second-order valence-electron chi connectivity index (χ2n) is 2.56. The number of nitrogens with zero attached hydrogens (tertiary/aromatic N) is 1. The molecule has 0 fully saturated rings. The summed E-state index contributed by atoms with van der Waals surface area (Å²) >= 11 is 0. The van der Waals surface area contributed by atoms with Crippen LogP contribution in [0, 0.1) is 0 Å². The minimum atomic E-state index is 0.194. The number of rotatable bonds is 2. The van der Waals surface area contributed by atoms with E-state index in [0.29, 0.717) is 0 Å². The molecule has 2 nitrogen and oxygen atoms in total. The minimum absolute atomic E-state index is 0.194. The van der Waals surface area contributed by atoms with E-state index >= 15 is 0 Å². The lowest BCUT2D eigenvalue weighted by atomic mass is 10.2. The topological polar surface area (TPSA) is 30.9 Å². The van der Waals surface area contributed by atoms with Gasteiger partial charge in [0.1, 0.15) is 0 Å². The van der Waals surface area contributed by atoms with Crippen molar-refractivity contribution in [3.63, 3.8) is 0 Å². The van der Waals surface area contributed by atoms with Gasteiger partial charge in [-0.2, -0.15) is 0 Å². The second-order valence-corrected chi connectivity index (χ2v) is 2.56. The first-order valence-electron chi connectivity index (χ1n) is 3.62. The lowest BCUT2D eigenvalue weighted by Crippen LogP contribution is -2.12. The van der Waals surface area contributed by atoms with Crippen molar-refractivity contribution in [3.05, 3.63) is 24.0 Å². The fourth-order valence-corrected chi connectivity index (χ4v) is 1.07. The molecule has 0 radical (unpaired) electrons. The molecule has 0 bridgehead atoms. The summed E-state index contributed by atoms with van der Waals surface area (Å²) in [5.41, 5.74) is 7.03. The smallest absolute Gasteiger partial charge is 0.0447 e. The molecule has 0 saturated heterocycles. The molecular weight excluding hydrogens is 124 g/mol. The van der Waals surface area contributed by atoms with E-state index in [1.165, 1.54) is 5.69 Å². The molecule has 1 rings (SSSR count). The van der Waals surface area contributed by atoms with Gasteiger partial charge in [-0.05, 0) is 18.6 Å². The predicted octanol–water partition coefficient (Wildman–Crippen LogP) is 1.43. The average Bonchev–Trinajstić information content (AvgIpc) is 2.34. The van der Waals surface area contributed by atoms with Crippen LogP contribution in [-0.4, -0.2) is 4.57 Å². The number of nitrogens with two attached hydrogens (primary N) is 1. The molecule has 2 N–H and O–H groups in total. The van der Waals surface area contributed by atoms with Crippen LogP contribution < -0.4 is 5.73 Å². The van der Waals surface area contributed by atoms with E-state index < -0.39 is 0 Å². The quantitative estimate of drug-likeness (QED) is 0.658. The number of hydrogen-bond donors (Lipinski definition) is 1. The molecule has 10 heavy (non-hydrogen) atoms. The Bertz CT molecular complexity index is 203. The molecule has 0 spiro atoms. The van der Waals surface area contributed by atoms with Crippen molar-refractivity contribution < 1.29 is 0 Å². The van der Waals surface area contributed by atoms with Gasteiger partial charge in [-0.1, -0.05) is 6.92 Å². The fraction of sp³-hybridized carbons (Fsp3) is 0.500. The van der Waals surface area contributed by atoms with Crippen LogP contribution in [-0.2, 0) is 7.05 Å². The van der Waals surface area contributed by atoms with Gasteiger partial charge in [0, 0.05) is 25.0 Å². The van der Waals surface area contributed by atoms with Crippen LogP contribution in [0.15, 0.2) is 18.3 Å². The van der Waals surface area contributed by atoms with Crippen molar-refractivity contribution in [1.82, 2.24) is 4.57 Å². The third-order valence-corrected chi connectivity index (χ3v) is 1.80. The van der Waals surface area contributed by atoms with E-state index in [2.05, 4.69) is 17.6 Å². The molecule has 0 aliphatic rings. The van der Waals surface area contributed by atoms with Crippen LogP contribution in [0.5, 0.6) is 0 Å². The van der Waals surface area contributed by atoms with E-state index in [1.807, 2.05) is 19.3 Å². The van der Waals surface area contributed by atoms with Gasteiger partial charge >= 0.3 is 0 Å².